The molecule has 2 aromatic rings. The Balaban J connectivity index is 2.11. The van der Waals surface area contributed by atoms with Gasteiger partial charge < -0.3 is 4.74 Å². The van der Waals surface area contributed by atoms with E-state index in [1.807, 2.05) is 54.6 Å². The molecule has 1 aliphatic heterocycles. The van der Waals surface area contributed by atoms with Crippen LogP contribution in [0.25, 0.3) is 0 Å². The highest BCUT2D eigenvalue weighted by molar-refractivity contribution is 6.03. The standard InChI is InChI=1S/C15H11NO2/c17-14-10-12-8-4-5-9-13(12)16-15(18-14)11-6-2-1-3-7-11/h1-9H,10H2. The molecule has 1 heterocycles. The van der Waals surface area contributed by atoms with E-state index in [0.717, 1.165) is 16.8 Å². The third-order valence-corrected chi connectivity index (χ3v) is 2.78. The Morgan fingerprint density at radius 2 is 1.67 bits per heavy atom. The molecule has 0 atom stereocenters. The van der Waals surface area contributed by atoms with Crippen LogP contribution < -0.4 is 0 Å². The van der Waals surface area contributed by atoms with E-state index in [1.165, 1.54) is 0 Å². The number of hydrogen-bond donors (Lipinski definition) is 0. The number of hydrogen-bond acceptors (Lipinski definition) is 3. The summed E-state index contributed by atoms with van der Waals surface area (Å²) in [7, 11) is 0. The maximum atomic E-state index is 11.7. The predicted molar refractivity (Wildman–Crippen MR) is 68.9 cm³/mol. The summed E-state index contributed by atoms with van der Waals surface area (Å²) in [5.74, 6) is 0.0908. The van der Waals surface area contributed by atoms with Crippen molar-refractivity contribution in [2.45, 2.75) is 6.42 Å². The van der Waals surface area contributed by atoms with Gasteiger partial charge in [-0.3, -0.25) is 4.79 Å². The number of cyclic esters (lactones) is 1. The topological polar surface area (TPSA) is 38.7 Å². The van der Waals surface area contributed by atoms with Crippen molar-refractivity contribution in [3.8, 4) is 0 Å². The average molecular weight is 237 g/mol. The predicted octanol–water partition coefficient (Wildman–Crippen LogP) is 2.86. The van der Waals surface area contributed by atoms with Gasteiger partial charge >= 0.3 is 5.97 Å². The maximum absolute atomic E-state index is 11.7. The largest absolute Gasteiger partial charge is 0.407 e. The number of carbonyl (C=O) groups is 1. The molecule has 0 saturated heterocycles. The van der Waals surface area contributed by atoms with Crippen molar-refractivity contribution in [3.63, 3.8) is 0 Å². The highest BCUT2D eigenvalue weighted by atomic mass is 16.5. The summed E-state index contributed by atoms with van der Waals surface area (Å²) in [5, 5.41) is 0. The molecule has 1 aliphatic rings. The minimum Gasteiger partial charge on any atom is -0.407 e. The number of ether oxygens (including phenoxy) is 1. The van der Waals surface area contributed by atoms with Crippen LogP contribution >= 0.6 is 0 Å². The lowest BCUT2D eigenvalue weighted by Crippen LogP contribution is -2.13. The van der Waals surface area contributed by atoms with Gasteiger partial charge in [0.15, 0.2) is 0 Å². The van der Waals surface area contributed by atoms with E-state index in [-0.39, 0.29) is 12.4 Å². The number of rotatable bonds is 1. The monoisotopic (exact) mass is 237 g/mol. The molecule has 88 valence electrons. The Kier molecular flexibility index (Phi) is 2.65. The lowest BCUT2D eigenvalue weighted by Gasteiger charge is -2.03. The second-order valence-electron chi connectivity index (χ2n) is 4.06. The van der Waals surface area contributed by atoms with Gasteiger partial charge in [0.2, 0.25) is 5.90 Å². The van der Waals surface area contributed by atoms with Crippen molar-refractivity contribution in [2.24, 2.45) is 4.99 Å². The summed E-state index contributed by atoms with van der Waals surface area (Å²) in [4.78, 5) is 16.2. The van der Waals surface area contributed by atoms with Crippen LogP contribution in [0.1, 0.15) is 11.1 Å². The van der Waals surface area contributed by atoms with Crippen LogP contribution in [-0.4, -0.2) is 11.9 Å². The number of benzene rings is 2. The molecule has 2 aromatic carbocycles. The zero-order valence-corrected chi connectivity index (χ0v) is 9.67. The van der Waals surface area contributed by atoms with Gasteiger partial charge in [-0.15, -0.1) is 0 Å². The van der Waals surface area contributed by atoms with Gasteiger partial charge in [-0.1, -0.05) is 36.4 Å². The molecule has 0 bridgehead atoms. The fourth-order valence-electron chi connectivity index (χ4n) is 1.91. The fraction of sp³-hybridized carbons (Fsp3) is 0.0667. The molecule has 0 N–H and O–H groups in total. The first-order valence-corrected chi connectivity index (χ1v) is 5.75. The molecule has 0 fully saturated rings. The minimum atomic E-state index is -0.275. The molecular formula is C15H11NO2. The summed E-state index contributed by atoms with van der Waals surface area (Å²) >= 11 is 0. The third kappa shape index (κ3) is 2.02. The van der Waals surface area contributed by atoms with Crippen molar-refractivity contribution in [1.29, 1.82) is 0 Å². The van der Waals surface area contributed by atoms with Gasteiger partial charge in [0.05, 0.1) is 12.1 Å². The van der Waals surface area contributed by atoms with Crippen LogP contribution in [0.4, 0.5) is 5.69 Å². The first-order valence-electron chi connectivity index (χ1n) is 5.75. The van der Waals surface area contributed by atoms with Crippen LogP contribution in [0.15, 0.2) is 59.6 Å². The Morgan fingerprint density at radius 3 is 2.50 bits per heavy atom. The Morgan fingerprint density at radius 1 is 0.944 bits per heavy atom. The molecule has 0 saturated carbocycles. The van der Waals surface area contributed by atoms with Crippen molar-refractivity contribution >= 4 is 17.6 Å². The second kappa shape index (κ2) is 4.45. The van der Waals surface area contributed by atoms with Crippen LogP contribution in [-0.2, 0) is 16.0 Å². The zero-order chi connectivity index (χ0) is 12.4. The molecule has 0 amide bonds. The first-order chi connectivity index (χ1) is 8.83. The Bertz CT molecular complexity index is 617. The van der Waals surface area contributed by atoms with E-state index in [4.69, 9.17) is 4.74 Å². The molecule has 3 heteroatoms. The molecule has 0 aliphatic carbocycles. The average Bonchev–Trinajstić information content (AvgIpc) is 2.57. The second-order valence-corrected chi connectivity index (χ2v) is 4.06. The number of para-hydroxylation sites is 1. The molecule has 0 spiro atoms. The molecular weight excluding hydrogens is 226 g/mol. The molecule has 3 nitrogen and oxygen atoms in total. The van der Waals surface area contributed by atoms with Gasteiger partial charge in [-0.2, -0.15) is 0 Å². The van der Waals surface area contributed by atoms with Gasteiger partial charge in [0.25, 0.3) is 0 Å². The van der Waals surface area contributed by atoms with Crippen LogP contribution in [0.5, 0.6) is 0 Å². The lowest BCUT2D eigenvalue weighted by molar-refractivity contribution is -0.134. The maximum Gasteiger partial charge on any atom is 0.317 e. The van der Waals surface area contributed by atoms with Crippen LogP contribution in [0, 0.1) is 0 Å². The zero-order valence-electron chi connectivity index (χ0n) is 9.67. The summed E-state index contributed by atoms with van der Waals surface area (Å²) < 4.78 is 5.29. The summed E-state index contributed by atoms with van der Waals surface area (Å²) in [6.07, 6.45) is 0.260. The number of nitrogens with zero attached hydrogens (tertiary/aromatic N) is 1. The van der Waals surface area contributed by atoms with Crippen LogP contribution in [0.2, 0.25) is 0 Å². The number of fused-ring (bicyclic) bond motifs is 1. The van der Waals surface area contributed by atoms with E-state index in [2.05, 4.69) is 4.99 Å². The highest BCUT2D eigenvalue weighted by Crippen LogP contribution is 2.24. The number of aliphatic imine (C=N–C) groups is 1. The summed E-state index contributed by atoms with van der Waals surface area (Å²) in [6, 6.07) is 17.0. The molecule has 0 aromatic heterocycles. The van der Waals surface area contributed by atoms with E-state index in [9.17, 15) is 4.79 Å². The SMILES string of the molecule is O=C1Cc2ccccc2N=C(c2ccccc2)O1. The van der Waals surface area contributed by atoms with Gasteiger partial charge in [0, 0.05) is 5.56 Å². The van der Waals surface area contributed by atoms with E-state index in [1.54, 1.807) is 0 Å². The Labute approximate surface area is 105 Å². The van der Waals surface area contributed by atoms with E-state index < -0.39 is 0 Å². The molecule has 3 rings (SSSR count). The molecule has 18 heavy (non-hydrogen) atoms. The first kappa shape index (κ1) is 10.7. The minimum absolute atomic E-state index is 0.260. The fourth-order valence-corrected chi connectivity index (χ4v) is 1.91. The van der Waals surface area contributed by atoms with Crippen LogP contribution in [0.3, 0.4) is 0 Å². The molecule has 0 unspecified atom stereocenters. The normalized spacial score (nSPS) is 14.2. The quantitative estimate of drug-likeness (QED) is 0.715. The van der Waals surface area contributed by atoms with E-state index >= 15 is 0 Å². The molecule has 0 radical (unpaired) electrons. The highest BCUT2D eigenvalue weighted by Gasteiger charge is 2.18. The van der Waals surface area contributed by atoms with E-state index in [0.29, 0.717) is 5.90 Å². The van der Waals surface area contributed by atoms with Gasteiger partial charge in [-0.05, 0) is 23.8 Å². The lowest BCUT2D eigenvalue weighted by atomic mass is 10.1. The summed E-state index contributed by atoms with van der Waals surface area (Å²) in [5.41, 5.74) is 2.50. The number of carbonyl (C=O) groups excluding carboxylic acids is 1. The van der Waals surface area contributed by atoms with Gasteiger partial charge in [-0.25, -0.2) is 4.99 Å². The number of esters is 1. The van der Waals surface area contributed by atoms with Crippen molar-refractivity contribution < 1.29 is 9.53 Å². The van der Waals surface area contributed by atoms with Crippen molar-refractivity contribution in [2.75, 3.05) is 0 Å². The van der Waals surface area contributed by atoms with Crippen molar-refractivity contribution in [1.82, 2.24) is 0 Å². The van der Waals surface area contributed by atoms with Crippen molar-refractivity contribution in [3.05, 3.63) is 65.7 Å². The Hall–Kier alpha value is -2.42. The summed E-state index contributed by atoms with van der Waals surface area (Å²) in [6.45, 7) is 0. The van der Waals surface area contributed by atoms with Gasteiger partial charge in [0.1, 0.15) is 0 Å². The smallest absolute Gasteiger partial charge is 0.317 e. The third-order valence-electron chi connectivity index (χ3n) is 2.78.